The monoisotopic (exact) mass is 262 g/mol. The number of ether oxygens (including phenoxy) is 1. The fourth-order valence-electron chi connectivity index (χ4n) is 2.65. The number of amides is 1. The quantitative estimate of drug-likeness (QED) is 0.867. The first kappa shape index (κ1) is 13.9. The highest BCUT2D eigenvalue weighted by Gasteiger charge is 2.43. The van der Waals surface area contributed by atoms with Gasteiger partial charge < -0.3 is 15.8 Å². The Morgan fingerprint density at radius 2 is 2.16 bits per heavy atom. The van der Waals surface area contributed by atoms with Crippen LogP contribution in [-0.4, -0.2) is 24.6 Å². The molecule has 1 fully saturated rings. The van der Waals surface area contributed by atoms with E-state index < -0.39 is 5.54 Å². The van der Waals surface area contributed by atoms with Gasteiger partial charge in [0, 0.05) is 6.42 Å². The van der Waals surface area contributed by atoms with E-state index in [1.807, 2.05) is 12.1 Å². The Hall–Kier alpha value is -1.55. The van der Waals surface area contributed by atoms with Crippen molar-refractivity contribution in [1.29, 1.82) is 0 Å². The van der Waals surface area contributed by atoms with Gasteiger partial charge in [-0.05, 0) is 57.0 Å². The Labute approximate surface area is 114 Å². The smallest absolute Gasteiger partial charge is 0.237 e. The summed E-state index contributed by atoms with van der Waals surface area (Å²) in [6.07, 6.45) is 2.25. The molecule has 0 saturated heterocycles. The molecule has 0 aromatic heterocycles. The molecule has 0 bridgehead atoms. The molecule has 1 amide bonds. The molecule has 0 heterocycles. The first-order valence-electron chi connectivity index (χ1n) is 6.69. The summed E-state index contributed by atoms with van der Waals surface area (Å²) in [4.78, 5) is 11.6. The molecule has 4 nitrogen and oxygen atoms in total. The van der Waals surface area contributed by atoms with Crippen LogP contribution in [0.1, 0.15) is 30.4 Å². The molecule has 19 heavy (non-hydrogen) atoms. The predicted octanol–water partition coefficient (Wildman–Crippen LogP) is 1.68. The van der Waals surface area contributed by atoms with Crippen molar-refractivity contribution in [2.24, 2.45) is 5.73 Å². The van der Waals surface area contributed by atoms with Crippen LogP contribution < -0.4 is 15.8 Å². The number of aryl methyl sites for hydroxylation is 2. The van der Waals surface area contributed by atoms with Crippen LogP contribution in [0.2, 0.25) is 0 Å². The Balaban J connectivity index is 2.05. The highest BCUT2D eigenvalue weighted by molar-refractivity contribution is 5.85. The maximum absolute atomic E-state index is 11.6. The molecule has 0 spiro atoms. The van der Waals surface area contributed by atoms with Gasteiger partial charge in [0.05, 0.1) is 0 Å². The first-order valence-corrected chi connectivity index (χ1v) is 6.69. The van der Waals surface area contributed by atoms with Crippen LogP contribution in [-0.2, 0) is 4.79 Å². The highest BCUT2D eigenvalue weighted by Crippen LogP contribution is 2.32. The van der Waals surface area contributed by atoms with E-state index in [0.717, 1.165) is 18.6 Å². The molecule has 4 heteroatoms. The number of benzene rings is 1. The van der Waals surface area contributed by atoms with E-state index in [1.165, 1.54) is 11.1 Å². The predicted molar refractivity (Wildman–Crippen MR) is 75.2 cm³/mol. The fraction of sp³-hybridized carbons (Fsp3) is 0.533. The van der Waals surface area contributed by atoms with E-state index in [0.29, 0.717) is 6.42 Å². The normalized spacial score (nSPS) is 26.4. The SMILES string of the molecule is CNC1(C(N)=O)CCC(Oc2ccc(C)c(C)c2)C1. The molecule has 0 aliphatic heterocycles. The maximum Gasteiger partial charge on any atom is 0.237 e. The van der Waals surface area contributed by atoms with E-state index in [1.54, 1.807) is 7.05 Å². The minimum absolute atomic E-state index is 0.0436. The van der Waals surface area contributed by atoms with Crippen LogP contribution >= 0.6 is 0 Å². The van der Waals surface area contributed by atoms with E-state index >= 15 is 0 Å². The number of hydrogen-bond donors (Lipinski definition) is 2. The molecule has 1 saturated carbocycles. The van der Waals surface area contributed by atoms with Crippen molar-refractivity contribution in [1.82, 2.24) is 5.32 Å². The fourth-order valence-corrected chi connectivity index (χ4v) is 2.65. The summed E-state index contributed by atoms with van der Waals surface area (Å²) in [6, 6.07) is 6.07. The van der Waals surface area contributed by atoms with Crippen molar-refractivity contribution in [3.63, 3.8) is 0 Å². The van der Waals surface area contributed by atoms with Crippen LogP contribution in [0.4, 0.5) is 0 Å². The average molecular weight is 262 g/mol. The highest BCUT2D eigenvalue weighted by atomic mass is 16.5. The second kappa shape index (κ2) is 5.21. The van der Waals surface area contributed by atoms with Crippen LogP contribution in [0.3, 0.4) is 0 Å². The molecule has 2 rings (SSSR count). The summed E-state index contributed by atoms with van der Waals surface area (Å²) in [5.74, 6) is 0.575. The van der Waals surface area contributed by atoms with Gasteiger partial charge in [-0.3, -0.25) is 4.79 Å². The molecular formula is C15H22N2O2. The number of nitrogens with one attached hydrogen (secondary N) is 1. The Bertz CT molecular complexity index is 487. The van der Waals surface area contributed by atoms with Gasteiger partial charge in [0.2, 0.25) is 5.91 Å². The van der Waals surface area contributed by atoms with Crippen molar-refractivity contribution in [2.45, 2.75) is 44.8 Å². The van der Waals surface area contributed by atoms with Crippen molar-refractivity contribution < 1.29 is 9.53 Å². The van der Waals surface area contributed by atoms with Gasteiger partial charge in [0.1, 0.15) is 17.4 Å². The minimum atomic E-state index is -0.607. The second-order valence-electron chi connectivity index (χ2n) is 5.43. The molecule has 1 aromatic carbocycles. The molecule has 104 valence electrons. The molecular weight excluding hydrogens is 240 g/mol. The number of hydrogen-bond acceptors (Lipinski definition) is 3. The largest absolute Gasteiger partial charge is 0.490 e. The third-order valence-electron chi connectivity index (χ3n) is 4.20. The molecule has 1 aromatic rings. The molecule has 3 N–H and O–H groups in total. The lowest BCUT2D eigenvalue weighted by molar-refractivity contribution is -0.124. The number of rotatable bonds is 4. The van der Waals surface area contributed by atoms with E-state index in [9.17, 15) is 4.79 Å². The van der Waals surface area contributed by atoms with Gasteiger partial charge in [0.15, 0.2) is 0 Å². The number of carbonyl (C=O) groups is 1. The zero-order chi connectivity index (χ0) is 14.0. The average Bonchev–Trinajstić information content (AvgIpc) is 2.79. The lowest BCUT2D eigenvalue weighted by Crippen LogP contribution is -2.52. The van der Waals surface area contributed by atoms with Crippen molar-refractivity contribution >= 4 is 5.91 Å². The van der Waals surface area contributed by atoms with Gasteiger partial charge >= 0.3 is 0 Å². The molecule has 2 unspecified atom stereocenters. The Morgan fingerprint density at radius 1 is 1.42 bits per heavy atom. The van der Waals surface area contributed by atoms with Crippen molar-refractivity contribution in [3.05, 3.63) is 29.3 Å². The Kier molecular flexibility index (Phi) is 3.80. The van der Waals surface area contributed by atoms with Crippen LogP contribution in [0, 0.1) is 13.8 Å². The molecule has 2 atom stereocenters. The third-order valence-corrected chi connectivity index (χ3v) is 4.20. The van der Waals surface area contributed by atoms with E-state index in [-0.39, 0.29) is 12.0 Å². The number of primary amides is 1. The standard InChI is InChI=1S/C15H22N2O2/c1-10-4-5-12(8-11(10)2)19-13-6-7-15(9-13,17-3)14(16)18/h4-5,8,13,17H,6-7,9H2,1-3H3,(H2,16,18). The first-order chi connectivity index (χ1) is 8.97. The summed E-state index contributed by atoms with van der Waals surface area (Å²) in [5.41, 5.74) is 7.34. The van der Waals surface area contributed by atoms with Gasteiger partial charge in [-0.25, -0.2) is 0 Å². The van der Waals surface area contributed by atoms with Crippen LogP contribution in [0.5, 0.6) is 5.75 Å². The number of likely N-dealkylation sites (N-methyl/N-ethyl adjacent to an activating group) is 1. The van der Waals surface area contributed by atoms with Crippen LogP contribution in [0.25, 0.3) is 0 Å². The van der Waals surface area contributed by atoms with Crippen molar-refractivity contribution in [3.8, 4) is 5.75 Å². The topological polar surface area (TPSA) is 64.3 Å². The van der Waals surface area contributed by atoms with Gasteiger partial charge in [-0.15, -0.1) is 0 Å². The van der Waals surface area contributed by atoms with E-state index in [2.05, 4.69) is 25.2 Å². The zero-order valence-corrected chi connectivity index (χ0v) is 11.8. The van der Waals surface area contributed by atoms with Gasteiger partial charge in [-0.1, -0.05) is 6.07 Å². The van der Waals surface area contributed by atoms with E-state index in [4.69, 9.17) is 10.5 Å². The summed E-state index contributed by atoms with van der Waals surface area (Å²) in [5, 5.41) is 3.06. The zero-order valence-electron chi connectivity index (χ0n) is 11.8. The number of nitrogens with two attached hydrogens (primary N) is 1. The lowest BCUT2D eigenvalue weighted by atomic mass is 9.97. The third kappa shape index (κ3) is 2.73. The Morgan fingerprint density at radius 3 is 2.68 bits per heavy atom. The summed E-state index contributed by atoms with van der Waals surface area (Å²) in [6.45, 7) is 4.14. The van der Waals surface area contributed by atoms with Crippen LogP contribution in [0.15, 0.2) is 18.2 Å². The number of carbonyl (C=O) groups excluding carboxylic acids is 1. The maximum atomic E-state index is 11.6. The lowest BCUT2D eigenvalue weighted by Gasteiger charge is -2.24. The van der Waals surface area contributed by atoms with Gasteiger partial charge in [-0.2, -0.15) is 0 Å². The molecule has 0 radical (unpaired) electrons. The summed E-state index contributed by atoms with van der Waals surface area (Å²) in [7, 11) is 1.78. The minimum Gasteiger partial charge on any atom is -0.490 e. The second-order valence-corrected chi connectivity index (χ2v) is 5.43. The summed E-state index contributed by atoms with van der Waals surface area (Å²) >= 11 is 0. The summed E-state index contributed by atoms with van der Waals surface area (Å²) < 4.78 is 5.97. The molecule has 1 aliphatic rings. The molecule has 1 aliphatic carbocycles. The van der Waals surface area contributed by atoms with Gasteiger partial charge in [0.25, 0.3) is 0 Å². The van der Waals surface area contributed by atoms with Crippen molar-refractivity contribution in [2.75, 3.05) is 7.05 Å².